The molecule has 2 rings (SSSR count). The second-order valence-corrected chi connectivity index (χ2v) is 5.94. The summed E-state index contributed by atoms with van der Waals surface area (Å²) >= 11 is 1.89. The smallest absolute Gasteiger partial charge is 0.00924 e. The standard InChI is InChI=1S/C14H23NS/c1-15-14(12-6-2-3-7-12)10-4-8-13-9-5-11-16-13/h5,9,11-12,14-15H,2-4,6-8,10H2,1H3. The van der Waals surface area contributed by atoms with Crippen molar-refractivity contribution >= 4 is 11.3 Å². The number of nitrogens with one attached hydrogen (secondary N) is 1. The molecule has 0 spiro atoms. The number of aryl methyl sites for hydroxylation is 1. The third kappa shape index (κ3) is 3.33. The van der Waals surface area contributed by atoms with Crippen molar-refractivity contribution in [1.29, 1.82) is 0 Å². The van der Waals surface area contributed by atoms with Crippen molar-refractivity contribution < 1.29 is 0 Å². The summed E-state index contributed by atoms with van der Waals surface area (Å²) in [5, 5.41) is 5.71. The summed E-state index contributed by atoms with van der Waals surface area (Å²) in [6.07, 6.45) is 9.75. The van der Waals surface area contributed by atoms with Crippen molar-refractivity contribution in [2.45, 2.75) is 51.0 Å². The van der Waals surface area contributed by atoms with Gasteiger partial charge in [-0.05, 0) is 56.5 Å². The molecule has 1 aliphatic carbocycles. The van der Waals surface area contributed by atoms with Gasteiger partial charge in [0.2, 0.25) is 0 Å². The zero-order valence-corrected chi connectivity index (χ0v) is 11.1. The van der Waals surface area contributed by atoms with Crippen LogP contribution in [0.2, 0.25) is 0 Å². The van der Waals surface area contributed by atoms with Gasteiger partial charge in [-0.2, -0.15) is 0 Å². The van der Waals surface area contributed by atoms with E-state index in [1.54, 1.807) is 4.88 Å². The Morgan fingerprint density at radius 1 is 1.44 bits per heavy atom. The van der Waals surface area contributed by atoms with Gasteiger partial charge in [0, 0.05) is 10.9 Å². The van der Waals surface area contributed by atoms with Crippen LogP contribution in [0.4, 0.5) is 0 Å². The number of rotatable bonds is 6. The van der Waals surface area contributed by atoms with Gasteiger partial charge in [0.05, 0.1) is 0 Å². The third-order valence-corrected chi connectivity index (χ3v) is 4.79. The molecule has 0 aromatic carbocycles. The summed E-state index contributed by atoms with van der Waals surface area (Å²) in [6.45, 7) is 0. The van der Waals surface area contributed by atoms with Crippen molar-refractivity contribution in [3.8, 4) is 0 Å². The molecular formula is C14H23NS. The van der Waals surface area contributed by atoms with Crippen LogP contribution in [-0.2, 0) is 6.42 Å². The van der Waals surface area contributed by atoms with Crippen LogP contribution >= 0.6 is 11.3 Å². The lowest BCUT2D eigenvalue weighted by atomic mass is 9.93. The Labute approximate surface area is 103 Å². The maximum Gasteiger partial charge on any atom is 0.00924 e. The second-order valence-electron chi connectivity index (χ2n) is 4.91. The van der Waals surface area contributed by atoms with Gasteiger partial charge in [0.25, 0.3) is 0 Å². The molecule has 0 radical (unpaired) electrons. The van der Waals surface area contributed by atoms with Crippen LogP contribution in [0.3, 0.4) is 0 Å². The van der Waals surface area contributed by atoms with Crippen LogP contribution in [0, 0.1) is 5.92 Å². The van der Waals surface area contributed by atoms with Gasteiger partial charge in [0.1, 0.15) is 0 Å². The maximum absolute atomic E-state index is 3.53. The van der Waals surface area contributed by atoms with Gasteiger partial charge in [-0.15, -0.1) is 11.3 Å². The minimum Gasteiger partial charge on any atom is -0.317 e. The Morgan fingerprint density at radius 3 is 2.88 bits per heavy atom. The minimum absolute atomic E-state index is 0.766. The normalized spacial score (nSPS) is 19.1. The van der Waals surface area contributed by atoms with Gasteiger partial charge >= 0.3 is 0 Å². The predicted octanol–water partition coefficient (Wildman–Crippen LogP) is 3.85. The molecule has 1 saturated carbocycles. The van der Waals surface area contributed by atoms with Gasteiger partial charge in [-0.1, -0.05) is 18.9 Å². The fourth-order valence-electron chi connectivity index (χ4n) is 2.93. The van der Waals surface area contributed by atoms with E-state index in [-0.39, 0.29) is 0 Å². The highest BCUT2D eigenvalue weighted by atomic mass is 32.1. The van der Waals surface area contributed by atoms with Crippen molar-refractivity contribution in [2.75, 3.05) is 7.05 Å². The highest BCUT2D eigenvalue weighted by Crippen LogP contribution is 2.29. The average Bonchev–Trinajstić information content (AvgIpc) is 2.96. The molecule has 1 atom stereocenters. The van der Waals surface area contributed by atoms with E-state index in [0.29, 0.717) is 0 Å². The lowest BCUT2D eigenvalue weighted by Gasteiger charge is -2.22. The molecule has 0 aliphatic heterocycles. The Kier molecular flexibility index (Phi) is 4.86. The Balaban J connectivity index is 1.70. The van der Waals surface area contributed by atoms with Crippen LogP contribution in [0.5, 0.6) is 0 Å². The fraction of sp³-hybridized carbons (Fsp3) is 0.714. The molecule has 1 nitrogen and oxygen atoms in total. The van der Waals surface area contributed by atoms with Gasteiger partial charge in [-0.25, -0.2) is 0 Å². The summed E-state index contributed by atoms with van der Waals surface area (Å²) in [5.41, 5.74) is 0. The SMILES string of the molecule is CNC(CCCc1cccs1)C1CCCC1. The van der Waals surface area contributed by atoms with E-state index in [0.717, 1.165) is 12.0 Å². The fourth-order valence-corrected chi connectivity index (χ4v) is 3.68. The zero-order chi connectivity index (χ0) is 11.2. The molecule has 0 amide bonds. The van der Waals surface area contributed by atoms with Crippen molar-refractivity contribution in [3.63, 3.8) is 0 Å². The molecule has 1 fully saturated rings. The monoisotopic (exact) mass is 237 g/mol. The van der Waals surface area contributed by atoms with Crippen LogP contribution in [0.15, 0.2) is 17.5 Å². The molecule has 1 unspecified atom stereocenters. The zero-order valence-electron chi connectivity index (χ0n) is 10.2. The Bertz CT molecular complexity index is 275. The first-order valence-electron chi connectivity index (χ1n) is 6.60. The van der Waals surface area contributed by atoms with Crippen LogP contribution in [0.1, 0.15) is 43.4 Å². The van der Waals surface area contributed by atoms with Gasteiger partial charge in [-0.3, -0.25) is 0 Å². The van der Waals surface area contributed by atoms with E-state index in [4.69, 9.17) is 0 Å². The number of thiophene rings is 1. The Morgan fingerprint density at radius 2 is 2.25 bits per heavy atom. The lowest BCUT2D eigenvalue weighted by molar-refractivity contribution is 0.353. The summed E-state index contributed by atoms with van der Waals surface area (Å²) in [6, 6.07) is 5.18. The van der Waals surface area contributed by atoms with E-state index in [1.807, 2.05) is 11.3 Å². The summed E-state index contributed by atoms with van der Waals surface area (Å²) in [4.78, 5) is 1.54. The molecule has 1 heterocycles. The molecule has 90 valence electrons. The van der Waals surface area contributed by atoms with E-state index in [2.05, 4.69) is 29.9 Å². The highest BCUT2D eigenvalue weighted by Gasteiger charge is 2.23. The van der Waals surface area contributed by atoms with E-state index in [1.165, 1.54) is 44.9 Å². The minimum atomic E-state index is 0.766. The van der Waals surface area contributed by atoms with Crippen molar-refractivity contribution in [2.24, 2.45) is 5.92 Å². The first-order valence-corrected chi connectivity index (χ1v) is 7.48. The van der Waals surface area contributed by atoms with E-state index < -0.39 is 0 Å². The van der Waals surface area contributed by atoms with Crippen LogP contribution < -0.4 is 5.32 Å². The summed E-state index contributed by atoms with van der Waals surface area (Å²) in [5.74, 6) is 0.952. The molecule has 1 N–H and O–H groups in total. The molecule has 0 saturated heterocycles. The Hall–Kier alpha value is -0.340. The molecule has 2 heteroatoms. The molecular weight excluding hydrogens is 214 g/mol. The van der Waals surface area contributed by atoms with Crippen LogP contribution in [-0.4, -0.2) is 13.1 Å². The second kappa shape index (κ2) is 6.41. The number of hydrogen-bond acceptors (Lipinski definition) is 2. The lowest BCUT2D eigenvalue weighted by Crippen LogP contribution is -2.32. The van der Waals surface area contributed by atoms with Gasteiger partial charge < -0.3 is 5.32 Å². The molecule has 0 bridgehead atoms. The first-order chi connectivity index (χ1) is 7.90. The van der Waals surface area contributed by atoms with Crippen molar-refractivity contribution in [1.82, 2.24) is 5.32 Å². The quantitative estimate of drug-likeness (QED) is 0.792. The molecule has 1 aliphatic rings. The molecule has 1 aromatic rings. The number of hydrogen-bond donors (Lipinski definition) is 1. The summed E-state index contributed by atoms with van der Waals surface area (Å²) < 4.78 is 0. The van der Waals surface area contributed by atoms with Gasteiger partial charge in [0.15, 0.2) is 0 Å². The topological polar surface area (TPSA) is 12.0 Å². The largest absolute Gasteiger partial charge is 0.317 e. The maximum atomic E-state index is 3.53. The van der Waals surface area contributed by atoms with E-state index >= 15 is 0 Å². The van der Waals surface area contributed by atoms with Crippen molar-refractivity contribution in [3.05, 3.63) is 22.4 Å². The van der Waals surface area contributed by atoms with E-state index in [9.17, 15) is 0 Å². The highest BCUT2D eigenvalue weighted by molar-refractivity contribution is 7.09. The first kappa shape index (κ1) is 12.1. The summed E-state index contributed by atoms with van der Waals surface area (Å²) in [7, 11) is 2.13. The van der Waals surface area contributed by atoms with Crippen LogP contribution in [0.25, 0.3) is 0 Å². The average molecular weight is 237 g/mol. The third-order valence-electron chi connectivity index (χ3n) is 3.86. The molecule has 16 heavy (non-hydrogen) atoms. The predicted molar refractivity (Wildman–Crippen MR) is 72.1 cm³/mol. The molecule has 1 aromatic heterocycles.